The van der Waals surface area contributed by atoms with Crippen molar-refractivity contribution in [1.29, 1.82) is 0 Å². The van der Waals surface area contributed by atoms with Gasteiger partial charge in [0.25, 0.3) is 0 Å². The summed E-state index contributed by atoms with van der Waals surface area (Å²) < 4.78 is 4.70. The zero-order valence-electron chi connectivity index (χ0n) is 12.6. The molecule has 2 aromatic carbocycles. The molecule has 0 saturated heterocycles. The lowest BCUT2D eigenvalue weighted by molar-refractivity contribution is 0.0601. The number of methoxy groups -OCH3 is 1. The van der Waals surface area contributed by atoms with Crippen molar-refractivity contribution in [3.63, 3.8) is 0 Å². The van der Waals surface area contributed by atoms with Gasteiger partial charge in [-0.15, -0.1) is 11.3 Å². The lowest BCUT2D eigenvalue weighted by atomic mass is 10.1. The van der Waals surface area contributed by atoms with E-state index in [1.165, 1.54) is 7.11 Å². The fraction of sp³-hybridized carbons (Fsp3) is 0.0526. The second-order valence-electron chi connectivity index (χ2n) is 4.87. The summed E-state index contributed by atoms with van der Waals surface area (Å²) in [7, 11) is 1.38. The highest BCUT2D eigenvalue weighted by molar-refractivity contribution is 7.13. The van der Waals surface area contributed by atoms with Crippen molar-refractivity contribution < 1.29 is 9.53 Å². The quantitative estimate of drug-likeness (QED) is 0.513. The van der Waals surface area contributed by atoms with Gasteiger partial charge in [-0.1, -0.05) is 48.6 Å². The Balaban J connectivity index is 1.85. The Kier molecular flexibility index (Phi) is 4.64. The van der Waals surface area contributed by atoms with E-state index in [9.17, 15) is 4.79 Å². The summed E-state index contributed by atoms with van der Waals surface area (Å²) in [6, 6.07) is 15.5. The van der Waals surface area contributed by atoms with Gasteiger partial charge in [-0.3, -0.25) is 0 Å². The van der Waals surface area contributed by atoms with Crippen molar-refractivity contribution in [2.24, 2.45) is 0 Å². The van der Waals surface area contributed by atoms with Crippen LogP contribution in [-0.4, -0.2) is 18.1 Å². The largest absolute Gasteiger partial charge is 0.465 e. The SMILES string of the molecule is COC(=O)c1ccc(/C=C/c2ccccc2-c2nccs2)cc1. The van der Waals surface area contributed by atoms with E-state index in [4.69, 9.17) is 4.74 Å². The topological polar surface area (TPSA) is 39.2 Å². The molecule has 3 nitrogen and oxygen atoms in total. The molecule has 0 saturated carbocycles. The Hall–Kier alpha value is -2.72. The monoisotopic (exact) mass is 321 g/mol. The Morgan fingerprint density at radius 1 is 1.09 bits per heavy atom. The average molecular weight is 321 g/mol. The third kappa shape index (κ3) is 3.55. The average Bonchev–Trinajstić information content (AvgIpc) is 3.14. The smallest absolute Gasteiger partial charge is 0.337 e. The number of aromatic nitrogens is 1. The number of rotatable bonds is 4. The minimum Gasteiger partial charge on any atom is -0.465 e. The molecule has 1 aromatic heterocycles. The van der Waals surface area contributed by atoms with Crippen molar-refractivity contribution >= 4 is 29.5 Å². The van der Waals surface area contributed by atoms with Crippen LogP contribution in [0.5, 0.6) is 0 Å². The second kappa shape index (κ2) is 7.03. The first kappa shape index (κ1) is 15.2. The van der Waals surface area contributed by atoms with Crippen LogP contribution in [-0.2, 0) is 4.74 Å². The lowest BCUT2D eigenvalue weighted by Crippen LogP contribution is -2.00. The van der Waals surface area contributed by atoms with Gasteiger partial charge < -0.3 is 4.74 Å². The van der Waals surface area contributed by atoms with Crippen LogP contribution in [0.25, 0.3) is 22.7 Å². The molecule has 114 valence electrons. The molecule has 0 spiro atoms. The van der Waals surface area contributed by atoms with Gasteiger partial charge in [0.15, 0.2) is 0 Å². The van der Waals surface area contributed by atoms with Crippen molar-refractivity contribution in [1.82, 2.24) is 4.98 Å². The van der Waals surface area contributed by atoms with E-state index in [0.29, 0.717) is 5.56 Å². The molecule has 3 rings (SSSR count). The van der Waals surface area contributed by atoms with E-state index < -0.39 is 0 Å². The maximum absolute atomic E-state index is 11.4. The van der Waals surface area contributed by atoms with E-state index in [2.05, 4.69) is 23.2 Å². The zero-order valence-corrected chi connectivity index (χ0v) is 13.4. The van der Waals surface area contributed by atoms with Crippen LogP contribution in [0.1, 0.15) is 21.5 Å². The molecule has 0 aliphatic rings. The Bertz CT molecular complexity index is 821. The Morgan fingerprint density at radius 2 is 1.87 bits per heavy atom. The van der Waals surface area contributed by atoms with Gasteiger partial charge in [-0.25, -0.2) is 9.78 Å². The number of thiazole rings is 1. The van der Waals surface area contributed by atoms with Gasteiger partial charge in [-0.05, 0) is 23.3 Å². The summed E-state index contributed by atoms with van der Waals surface area (Å²) >= 11 is 1.62. The van der Waals surface area contributed by atoms with Crippen molar-refractivity contribution in [2.75, 3.05) is 7.11 Å². The Morgan fingerprint density at radius 3 is 2.57 bits per heavy atom. The summed E-state index contributed by atoms with van der Waals surface area (Å²) in [5, 5.41) is 2.98. The number of ether oxygens (including phenoxy) is 1. The van der Waals surface area contributed by atoms with E-state index in [0.717, 1.165) is 21.7 Å². The number of carbonyl (C=O) groups excluding carboxylic acids is 1. The summed E-state index contributed by atoms with van der Waals surface area (Å²) in [5.41, 5.74) is 3.80. The van der Waals surface area contributed by atoms with E-state index in [1.807, 2.05) is 41.9 Å². The van der Waals surface area contributed by atoms with E-state index in [1.54, 1.807) is 23.5 Å². The van der Waals surface area contributed by atoms with Crippen LogP contribution in [0, 0.1) is 0 Å². The van der Waals surface area contributed by atoms with E-state index >= 15 is 0 Å². The number of hydrogen-bond donors (Lipinski definition) is 0. The third-order valence-electron chi connectivity index (χ3n) is 3.41. The van der Waals surface area contributed by atoms with Crippen LogP contribution in [0.4, 0.5) is 0 Å². The van der Waals surface area contributed by atoms with Crippen LogP contribution >= 0.6 is 11.3 Å². The molecule has 0 fully saturated rings. The van der Waals surface area contributed by atoms with Gasteiger partial charge in [0.2, 0.25) is 0 Å². The fourth-order valence-corrected chi connectivity index (χ4v) is 2.91. The van der Waals surface area contributed by atoms with Gasteiger partial charge >= 0.3 is 5.97 Å². The maximum atomic E-state index is 11.4. The number of esters is 1. The lowest BCUT2D eigenvalue weighted by Gasteiger charge is -2.03. The van der Waals surface area contributed by atoms with Crippen LogP contribution < -0.4 is 0 Å². The Labute approximate surface area is 138 Å². The van der Waals surface area contributed by atoms with Crippen molar-refractivity contribution in [2.45, 2.75) is 0 Å². The van der Waals surface area contributed by atoms with E-state index in [-0.39, 0.29) is 5.97 Å². The highest BCUT2D eigenvalue weighted by Gasteiger charge is 2.05. The molecule has 0 aliphatic carbocycles. The third-order valence-corrected chi connectivity index (χ3v) is 4.22. The first-order valence-electron chi connectivity index (χ1n) is 7.13. The fourth-order valence-electron chi connectivity index (χ4n) is 2.23. The minimum absolute atomic E-state index is 0.324. The second-order valence-corrected chi connectivity index (χ2v) is 5.77. The molecule has 23 heavy (non-hydrogen) atoms. The number of carbonyl (C=O) groups is 1. The summed E-state index contributed by atoms with van der Waals surface area (Å²) in [6.07, 6.45) is 5.89. The molecule has 1 heterocycles. The summed E-state index contributed by atoms with van der Waals surface area (Å²) in [5.74, 6) is -0.324. The highest BCUT2D eigenvalue weighted by atomic mass is 32.1. The molecule has 0 bridgehead atoms. The molecule has 4 heteroatoms. The molecule has 0 aliphatic heterocycles. The number of hydrogen-bond acceptors (Lipinski definition) is 4. The number of benzene rings is 2. The van der Waals surface area contributed by atoms with Gasteiger partial charge in [0.05, 0.1) is 12.7 Å². The summed E-state index contributed by atoms with van der Waals surface area (Å²) in [4.78, 5) is 15.8. The molecule has 0 atom stereocenters. The van der Waals surface area contributed by atoms with Crippen LogP contribution in [0.3, 0.4) is 0 Å². The summed E-state index contributed by atoms with van der Waals surface area (Å²) in [6.45, 7) is 0. The van der Waals surface area contributed by atoms with Crippen molar-refractivity contribution in [3.8, 4) is 10.6 Å². The maximum Gasteiger partial charge on any atom is 0.337 e. The van der Waals surface area contributed by atoms with Gasteiger partial charge in [0.1, 0.15) is 5.01 Å². The van der Waals surface area contributed by atoms with Gasteiger partial charge in [0, 0.05) is 17.1 Å². The number of nitrogens with zero attached hydrogens (tertiary/aromatic N) is 1. The molecular weight excluding hydrogens is 306 g/mol. The molecule has 0 unspecified atom stereocenters. The highest BCUT2D eigenvalue weighted by Crippen LogP contribution is 2.26. The predicted octanol–water partition coefficient (Wildman–Crippen LogP) is 4.77. The van der Waals surface area contributed by atoms with Crippen LogP contribution in [0.2, 0.25) is 0 Å². The first-order chi connectivity index (χ1) is 11.3. The normalized spacial score (nSPS) is 10.8. The molecule has 3 aromatic rings. The van der Waals surface area contributed by atoms with Crippen LogP contribution in [0.15, 0.2) is 60.1 Å². The minimum atomic E-state index is -0.324. The predicted molar refractivity (Wildman–Crippen MR) is 94.3 cm³/mol. The molecule has 0 N–H and O–H groups in total. The first-order valence-corrected chi connectivity index (χ1v) is 8.01. The van der Waals surface area contributed by atoms with Crippen molar-refractivity contribution in [3.05, 3.63) is 76.8 Å². The molecular formula is C19H15NO2S. The zero-order chi connectivity index (χ0) is 16.1. The molecule has 0 radical (unpaired) electrons. The molecule has 0 amide bonds. The standard InChI is InChI=1S/C19H15NO2S/c1-22-19(21)16-10-7-14(8-11-16)6-9-15-4-2-3-5-17(15)18-20-12-13-23-18/h2-13H,1H3/b9-6+. The van der Waals surface area contributed by atoms with Gasteiger partial charge in [-0.2, -0.15) is 0 Å².